The molecule has 1 rings (SSSR count). The van der Waals surface area contributed by atoms with Crippen LogP contribution >= 0.6 is 0 Å². The predicted molar refractivity (Wildman–Crippen MR) is 105 cm³/mol. The van der Waals surface area contributed by atoms with E-state index in [0.29, 0.717) is 24.8 Å². The van der Waals surface area contributed by atoms with Crippen molar-refractivity contribution in [1.82, 2.24) is 0 Å². The minimum atomic E-state index is -1.42. The van der Waals surface area contributed by atoms with Crippen molar-refractivity contribution < 1.29 is 27.4 Å². The van der Waals surface area contributed by atoms with Crippen LogP contribution in [0.3, 0.4) is 0 Å². The Balaban J connectivity index is 2.44. The molecule has 6 heteroatoms. The van der Waals surface area contributed by atoms with E-state index in [4.69, 9.17) is 14.2 Å². The number of benzene rings is 1. The molecule has 0 radical (unpaired) electrons. The normalized spacial score (nSPS) is 12.7. The van der Waals surface area contributed by atoms with Gasteiger partial charge in [0.25, 0.3) is 6.48 Å². The molecule has 0 heterocycles. The van der Waals surface area contributed by atoms with Crippen LogP contribution in [-0.4, -0.2) is 26.8 Å². The van der Waals surface area contributed by atoms with Crippen molar-refractivity contribution in [2.75, 3.05) is 14.2 Å². The van der Waals surface area contributed by atoms with Gasteiger partial charge >= 0.3 is 0 Å². The first kappa shape index (κ1) is 24.9. The summed E-state index contributed by atoms with van der Waals surface area (Å²) in [5, 5.41) is 0. The molecule has 0 aliphatic carbocycles. The summed E-state index contributed by atoms with van der Waals surface area (Å²) in [5.41, 5.74) is 0.445. The first-order chi connectivity index (χ1) is 13.5. The lowest BCUT2D eigenvalue weighted by molar-refractivity contribution is -0.285. The number of unbranched alkanes of at least 4 members (excludes halogenated alkanes) is 6. The van der Waals surface area contributed by atoms with Gasteiger partial charge in [-0.2, -0.15) is 0 Å². The molecule has 0 fully saturated rings. The maximum Gasteiger partial charge on any atom is 0.271 e. The molecule has 1 unspecified atom stereocenters. The lowest BCUT2D eigenvalue weighted by Gasteiger charge is -2.23. The minimum Gasteiger partial charge on any atom is -0.333 e. The van der Waals surface area contributed by atoms with Gasteiger partial charge in [0.2, 0.25) is 0 Å². The monoisotopic (exact) mass is 404 g/mol. The molecule has 0 aliphatic heterocycles. The molecule has 0 saturated carbocycles. The van der Waals surface area contributed by atoms with Crippen LogP contribution in [0.1, 0.15) is 76.7 Å². The summed E-state index contributed by atoms with van der Waals surface area (Å²) < 4.78 is 55.8. The SMILES string of the molecule is CCCCCCCCCC(CCCc1cc(F)c(F)c(F)c1)OC(OC)OC. The van der Waals surface area contributed by atoms with Crippen LogP contribution < -0.4 is 0 Å². The zero-order chi connectivity index (χ0) is 20.8. The van der Waals surface area contributed by atoms with Gasteiger partial charge in [0.1, 0.15) is 0 Å². The molecule has 0 spiro atoms. The van der Waals surface area contributed by atoms with Crippen molar-refractivity contribution >= 4 is 0 Å². The number of methoxy groups -OCH3 is 2. The Hall–Kier alpha value is -1.11. The van der Waals surface area contributed by atoms with E-state index in [1.54, 1.807) is 0 Å². The van der Waals surface area contributed by atoms with Gasteiger partial charge in [0.15, 0.2) is 17.5 Å². The molecule has 1 atom stereocenters. The summed E-state index contributed by atoms with van der Waals surface area (Å²) >= 11 is 0. The molecule has 0 aromatic heterocycles. The summed E-state index contributed by atoms with van der Waals surface area (Å²) in [6, 6.07) is 2.11. The Bertz CT molecular complexity index is 513. The van der Waals surface area contributed by atoms with E-state index >= 15 is 0 Å². The zero-order valence-electron chi connectivity index (χ0n) is 17.4. The summed E-state index contributed by atoms with van der Waals surface area (Å²) in [5.74, 6) is -3.72. The van der Waals surface area contributed by atoms with Crippen molar-refractivity contribution in [3.8, 4) is 0 Å². The third kappa shape index (κ3) is 9.89. The van der Waals surface area contributed by atoms with Gasteiger partial charge in [-0.05, 0) is 43.4 Å². The minimum absolute atomic E-state index is 0.0596. The molecule has 162 valence electrons. The lowest BCUT2D eigenvalue weighted by Crippen LogP contribution is -2.25. The Labute approximate surface area is 167 Å². The number of ether oxygens (including phenoxy) is 3. The highest BCUT2D eigenvalue weighted by atomic mass is 19.2. The predicted octanol–water partition coefficient (Wildman–Crippen LogP) is 6.53. The average molecular weight is 405 g/mol. The highest BCUT2D eigenvalue weighted by molar-refractivity contribution is 5.19. The van der Waals surface area contributed by atoms with Gasteiger partial charge in [-0.15, -0.1) is 0 Å². The van der Waals surface area contributed by atoms with Crippen molar-refractivity contribution in [3.05, 3.63) is 35.1 Å². The van der Waals surface area contributed by atoms with E-state index < -0.39 is 23.9 Å². The number of hydrogen-bond donors (Lipinski definition) is 0. The van der Waals surface area contributed by atoms with Crippen LogP contribution in [0.5, 0.6) is 0 Å². The number of rotatable bonds is 16. The number of halogens is 3. The van der Waals surface area contributed by atoms with Crippen LogP contribution in [0.25, 0.3) is 0 Å². The first-order valence-electron chi connectivity index (χ1n) is 10.4. The molecule has 28 heavy (non-hydrogen) atoms. The summed E-state index contributed by atoms with van der Waals surface area (Å²) in [6.45, 7) is 1.48. The second-order valence-electron chi connectivity index (χ2n) is 7.19. The van der Waals surface area contributed by atoms with Crippen molar-refractivity contribution in [1.29, 1.82) is 0 Å². The fourth-order valence-corrected chi connectivity index (χ4v) is 3.26. The summed E-state index contributed by atoms with van der Waals surface area (Å²) in [7, 11) is 3.03. The quantitative estimate of drug-likeness (QED) is 0.178. The van der Waals surface area contributed by atoms with E-state index in [9.17, 15) is 13.2 Å². The third-order valence-corrected chi connectivity index (χ3v) is 4.85. The van der Waals surface area contributed by atoms with Gasteiger partial charge in [-0.25, -0.2) is 13.2 Å². The second-order valence-corrected chi connectivity index (χ2v) is 7.19. The van der Waals surface area contributed by atoms with E-state index in [2.05, 4.69) is 6.92 Å². The Morgan fingerprint density at radius 1 is 0.786 bits per heavy atom. The smallest absolute Gasteiger partial charge is 0.271 e. The fourth-order valence-electron chi connectivity index (χ4n) is 3.26. The van der Waals surface area contributed by atoms with E-state index in [0.717, 1.165) is 31.4 Å². The molecular weight excluding hydrogens is 369 g/mol. The molecule has 1 aromatic carbocycles. The van der Waals surface area contributed by atoms with E-state index in [1.807, 2.05) is 0 Å². The van der Waals surface area contributed by atoms with Crippen molar-refractivity contribution in [2.45, 2.75) is 90.1 Å². The average Bonchev–Trinajstić information content (AvgIpc) is 2.68. The van der Waals surface area contributed by atoms with Gasteiger partial charge in [0, 0.05) is 14.2 Å². The van der Waals surface area contributed by atoms with E-state index in [-0.39, 0.29) is 6.10 Å². The molecule has 0 amide bonds. The summed E-state index contributed by atoms with van der Waals surface area (Å²) in [4.78, 5) is 0. The Morgan fingerprint density at radius 3 is 1.89 bits per heavy atom. The molecule has 1 aromatic rings. The molecule has 0 N–H and O–H groups in total. The standard InChI is InChI=1S/C22H35F3O3/c1-4-5-6-7-8-9-10-13-18(28-22(26-2)27-3)14-11-12-17-15-19(23)21(25)20(24)16-17/h15-16,18,22H,4-14H2,1-3H3. The third-order valence-electron chi connectivity index (χ3n) is 4.85. The molecule has 0 bridgehead atoms. The van der Waals surface area contributed by atoms with Crippen molar-refractivity contribution in [3.63, 3.8) is 0 Å². The maximum atomic E-state index is 13.3. The molecule has 0 saturated heterocycles. The fraction of sp³-hybridized carbons (Fsp3) is 0.727. The summed E-state index contributed by atoms with van der Waals surface area (Å²) in [6.07, 6.45) is 11.2. The first-order valence-corrected chi connectivity index (χ1v) is 10.4. The van der Waals surface area contributed by atoms with Crippen LogP contribution in [0.2, 0.25) is 0 Å². The Morgan fingerprint density at radius 2 is 1.32 bits per heavy atom. The Kier molecular flexibility index (Phi) is 13.2. The highest BCUT2D eigenvalue weighted by Crippen LogP contribution is 2.20. The molecule has 0 aliphatic rings. The van der Waals surface area contributed by atoms with Crippen LogP contribution in [0.4, 0.5) is 13.2 Å². The molecular formula is C22H35F3O3. The lowest BCUT2D eigenvalue weighted by atomic mass is 10.0. The van der Waals surface area contributed by atoms with Crippen LogP contribution in [-0.2, 0) is 20.6 Å². The van der Waals surface area contributed by atoms with Crippen molar-refractivity contribution in [2.24, 2.45) is 0 Å². The van der Waals surface area contributed by atoms with E-state index in [1.165, 1.54) is 46.3 Å². The largest absolute Gasteiger partial charge is 0.333 e. The van der Waals surface area contributed by atoms with Crippen LogP contribution in [0, 0.1) is 17.5 Å². The van der Waals surface area contributed by atoms with Gasteiger partial charge in [0.05, 0.1) is 6.10 Å². The maximum absolute atomic E-state index is 13.3. The number of hydrogen-bond acceptors (Lipinski definition) is 3. The highest BCUT2D eigenvalue weighted by Gasteiger charge is 2.16. The van der Waals surface area contributed by atoms with Gasteiger partial charge < -0.3 is 14.2 Å². The topological polar surface area (TPSA) is 27.7 Å². The molecule has 3 nitrogen and oxygen atoms in total. The second kappa shape index (κ2) is 14.8. The van der Waals surface area contributed by atoms with Crippen LogP contribution in [0.15, 0.2) is 12.1 Å². The van der Waals surface area contributed by atoms with Gasteiger partial charge in [-0.3, -0.25) is 0 Å². The number of aryl methyl sites for hydroxylation is 1. The zero-order valence-corrected chi connectivity index (χ0v) is 17.4. The van der Waals surface area contributed by atoms with Gasteiger partial charge in [-0.1, -0.05) is 51.9 Å².